The highest BCUT2D eigenvalue weighted by molar-refractivity contribution is 5.92. The van der Waals surface area contributed by atoms with Crippen LogP contribution in [0.5, 0.6) is 0 Å². The molecule has 168 valence electrons. The Kier molecular flexibility index (Phi) is 5.20. The second kappa shape index (κ2) is 8.20. The summed E-state index contributed by atoms with van der Waals surface area (Å²) in [6.45, 7) is 7.03. The van der Waals surface area contributed by atoms with Gasteiger partial charge in [0.05, 0.1) is 0 Å². The zero-order chi connectivity index (χ0) is 23.1. The first-order chi connectivity index (χ1) is 15.9. The number of carbonyl (C=O) groups is 1. The van der Waals surface area contributed by atoms with Crippen LogP contribution in [0.25, 0.3) is 5.65 Å². The molecule has 1 amide bonds. The van der Waals surface area contributed by atoms with E-state index in [1.165, 1.54) is 20.2 Å². The first-order valence-electron chi connectivity index (χ1n) is 11.1. The lowest BCUT2D eigenvalue weighted by atomic mass is 10.0. The molecule has 1 aliphatic heterocycles. The molecule has 4 aromatic rings. The summed E-state index contributed by atoms with van der Waals surface area (Å²) in [4.78, 5) is 32.8. The van der Waals surface area contributed by atoms with Crippen LogP contribution in [-0.2, 0) is 24.3 Å². The van der Waals surface area contributed by atoms with E-state index in [0.717, 1.165) is 35.5 Å². The normalized spacial score (nSPS) is 13.2. The van der Waals surface area contributed by atoms with Crippen molar-refractivity contribution in [2.75, 3.05) is 16.8 Å². The highest BCUT2D eigenvalue weighted by atomic mass is 16.2. The van der Waals surface area contributed by atoms with Gasteiger partial charge in [0.1, 0.15) is 6.54 Å². The van der Waals surface area contributed by atoms with Crippen LogP contribution in [0.1, 0.15) is 27.9 Å². The molecule has 2 aromatic heterocycles. The Morgan fingerprint density at radius 2 is 1.76 bits per heavy atom. The minimum atomic E-state index is -0.372. The number of nitrogens with zero attached hydrogens (tertiary/aromatic N) is 5. The van der Waals surface area contributed by atoms with Crippen molar-refractivity contribution in [3.63, 3.8) is 0 Å². The number of aromatic nitrogens is 4. The molecule has 0 fully saturated rings. The van der Waals surface area contributed by atoms with Crippen LogP contribution in [0.3, 0.4) is 0 Å². The van der Waals surface area contributed by atoms with Crippen LogP contribution >= 0.6 is 0 Å². The van der Waals surface area contributed by atoms with Gasteiger partial charge in [-0.25, -0.2) is 18.9 Å². The summed E-state index contributed by atoms with van der Waals surface area (Å²) in [7, 11) is 0. The number of nitrogens with one attached hydrogen (secondary N) is 1. The van der Waals surface area contributed by atoms with E-state index >= 15 is 0 Å². The van der Waals surface area contributed by atoms with Gasteiger partial charge in [-0.3, -0.25) is 4.79 Å². The highest BCUT2D eigenvalue weighted by Gasteiger charge is 2.23. The molecule has 8 nitrogen and oxygen atoms in total. The SMILES string of the molecule is Cc1cc2nn(CC(=O)Nc3c(C)cccc3C)c(=O)n2c(N2CCc3ccccc3C2)n1. The van der Waals surface area contributed by atoms with Gasteiger partial charge in [0.2, 0.25) is 11.9 Å². The molecule has 0 saturated heterocycles. The van der Waals surface area contributed by atoms with E-state index < -0.39 is 0 Å². The number of para-hydroxylation sites is 1. The Balaban J connectivity index is 1.47. The van der Waals surface area contributed by atoms with E-state index in [1.807, 2.05) is 45.0 Å². The van der Waals surface area contributed by atoms with Crippen molar-refractivity contribution < 1.29 is 4.79 Å². The minimum Gasteiger partial charge on any atom is -0.337 e. The molecule has 0 aliphatic carbocycles. The maximum Gasteiger partial charge on any atom is 0.353 e. The Bertz CT molecular complexity index is 1410. The summed E-state index contributed by atoms with van der Waals surface area (Å²) in [6, 6.07) is 15.9. The third-order valence-corrected chi connectivity index (χ3v) is 6.13. The fourth-order valence-electron chi connectivity index (χ4n) is 4.44. The molecule has 1 aliphatic rings. The van der Waals surface area contributed by atoms with Crippen LogP contribution in [0, 0.1) is 20.8 Å². The van der Waals surface area contributed by atoms with Crippen molar-refractivity contribution in [3.8, 4) is 0 Å². The van der Waals surface area contributed by atoms with Crippen LogP contribution < -0.4 is 15.9 Å². The summed E-state index contributed by atoms with van der Waals surface area (Å²) in [6.07, 6.45) is 0.883. The van der Waals surface area contributed by atoms with Crippen LogP contribution in [0.4, 0.5) is 11.6 Å². The number of aryl methyl sites for hydroxylation is 3. The van der Waals surface area contributed by atoms with E-state index in [0.29, 0.717) is 18.1 Å². The maximum atomic E-state index is 13.3. The van der Waals surface area contributed by atoms with Crippen molar-refractivity contribution in [3.05, 3.63) is 87.0 Å². The maximum absolute atomic E-state index is 13.3. The zero-order valence-corrected chi connectivity index (χ0v) is 19.0. The smallest absolute Gasteiger partial charge is 0.337 e. The number of hydrogen-bond donors (Lipinski definition) is 1. The van der Waals surface area contributed by atoms with E-state index in [4.69, 9.17) is 0 Å². The van der Waals surface area contributed by atoms with Gasteiger partial charge in [0.15, 0.2) is 5.65 Å². The van der Waals surface area contributed by atoms with Gasteiger partial charge in [0.25, 0.3) is 0 Å². The van der Waals surface area contributed by atoms with Crippen molar-refractivity contribution in [2.45, 2.75) is 40.3 Å². The summed E-state index contributed by atoms with van der Waals surface area (Å²) in [5.41, 5.74) is 6.15. The first kappa shape index (κ1) is 20.9. The topological polar surface area (TPSA) is 84.5 Å². The van der Waals surface area contributed by atoms with Gasteiger partial charge >= 0.3 is 5.69 Å². The lowest BCUT2D eigenvalue weighted by Crippen LogP contribution is -2.35. The van der Waals surface area contributed by atoms with Crippen molar-refractivity contribution in [1.29, 1.82) is 0 Å². The number of fused-ring (bicyclic) bond motifs is 2. The summed E-state index contributed by atoms with van der Waals surface area (Å²) >= 11 is 0. The predicted molar refractivity (Wildman–Crippen MR) is 128 cm³/mol. The summed E-state index contributed by atoms with van der Waals surface area (Å²) in [5, 5.41) is 7.36. The molecule has 0 saturated carbocycles. The number of anilines is 2. The number of rotatable bonds is 4. The van der Waals surface area contributed by atoms with Gasteiger partial charge in [-0.1, -0.05) is 42.5 Å². The Hall–Kier alpha value is -3.94. The molecule has 5 rings (SSSR count). The number of amides is 1. The summed E-state index contributed by atoms with van der Waals surface area (Å²) < 4.78 is 2.72. The molecular weight excluding hydrogens is 416 g/mol. The molecule has 0 radical (unpaired) electrons. The quantitative estimate of drug-likeness (QED) is 0.525. The van der Waals surface area contributed by atoms with Crippen LogP contribution in [0.2, 0.25) is 0 Å². The lowest BCUT2D eigenvalue weighted by Gasteiger charge is -2.29. The van der Waals surface area contributed by atoms with E-state index in [-0.39, 0.29) is 18.1 Å². The van der Waals surface area contributed by atoms with Crippen molar-refractivity contribution >= 4 is 23.2 Å². The van der Waals surface area contributed by atoms with Gasteiger partial charge in [-0.15, -0.1) is 5.10 Å². The van der Waals surface area contributed by atoms with Gasteiger partial charge in [0, 0.05) is 30.5 Å². The van der Waals surface area contributed by atoms with Crippen molar-refractivity contribution in [2.24, 2.45) is 0 Å². The minimum absolute atomic E-state index is 0.171. The van der Waals surface area contributed by atoms with E-state index in [9.17, 15) is 9.59 Å². The molecule has 1 N–H and O–H groups in total. The van der Waals surface area contributed by atoms with Crippen LogP contribution in [0.15, 0.2) is 53.3 Å². The standard InChI is InChI=1S/C25H26N6O2/c1-16-7-6-8-17(2)23(16)27-22(32)15-30-25(33)31-21(28-30)13-18(3)26-24(31)29-12-11-19-9-4-5-10-20(19)14-29/h4-10,13H,11-12,14-15H2,1-3H3,(H,27,32). The monoisotopic (exact) mass is 442 g/mol. The average Bonchev–Trinajstić information content (AvgIpc) is 3.10. The Morgan fingerprint density at radius 3 is 2.52 bits per heavy atom. The number of hydrogen-bond acceptors (Lipinski definition) is 5. The fourth-order valence-corrected chi connectivity index (χ4v) is 4.44. The molecule has 0 atom stereocenters. The Labute approximate surface area is 191 Å². The Morgan fingerprint density at radius 1 is 1.03 bits per heavy atom. The second-order valence-corrected chi connectivity index (χ2v) is 8.59. The van der Waals surface area contributed by atoms with Gasteiger partial charge in [-0.05, 0) is 49.4 Å². The molecule has 0 bridgehead atoms. The van der Waals surface area contributed by atoms with Gasteiger partial charge < -0.3 is 10.2 Å². The first-order valence-corrected chi connectivity index (χ1v) is 11.1. The van der Waals surface area contributed by atoms with Gasteiger partial charge in [-0.2, -0.15) is 0 Å². The molecule has 33 heavy (non-hydrogen) atoms. The molecule has 8 heteroatoms. The van der Waals surface area contributed by atoms with Crippen molar-refractivity contribution in [1.82, 2.24) is 19.2 Å². The summed E-state index contributed by atoms with van der Waals surface area (Å²) in [5.74, 6) is 0.266. The number of carbonyl (C=O) groups excluding carboxylic acids is 1. The molecular formula is C25H26N6O2. The van der Waals surface area contributed by atoms with E-state index in [2.05, 4.69) is 38.5 Å². The second-order valence-electron chi connectivity index (χ2n) is 8.59. The third kappa shape index (κ3) is 3.88. The molecule has 0 spiro atoms. The largest absolute Gasteiger partial charge is 0.353 e. The average molecular weight is 443 g/mol. The fraction of sp³-hybridized carbons (Fsp3) is 0.280. The van der Waals surface area contributed by atoms with E-state index in [1.54, 1.807) is 6.07 Å². The number of benzene rings is 2. The molecule has 0 unspecified atom stereocenters. The predicted octanol–water partition coefficient (Wildman–Crippen LogP) is 3.02. The molecule has 2 aromatic carbocycles. The highest BCUT2D eigenvalue weighted by Crippen LogP contribution is 2.23. The molecule has 3 heterocycles. The van der Waals surface area contributed by atoms with Crippen LogP contribution in [-0.4, -0.2) is 31.6 Å². The third-order valence-electron chi connectivity index (χ3n) is 6.13. The lowest BCUT2D eigenvalue weighted by molar-refractivity contribution is -0.117. The zero-order valence-electron chi connectivity index (χ0n) is 19.0.